The van der Waals surface area contributed by atoms with Crippen molar-refractivity contribution >= 4 is 29.4 Å². The lowest BCUT2D eigenvalue weighted by atomic mass is 9.88. The van der Waals surface area contributed by atoms with Crippen LogP contribution in [0.4, 0.5) is 0 Å². The first-order valence-electron chi connectivity index (χ1n) is 9.31. The number of hydrogen-bond acceptors (Lipinski definition) is 3. The molecule has 1 atom stereocenters. The summed E-state index contributed by atoms with van der Waals surface area (Å²) in [7, 11) is 0. The Labute approximate surface area is 165 Å². The van der Waals surface area contributed by atoms with E-state index in [0.29, 0.717) is 23.0 Å². The first-order chi connectivity index (χ1) is 12.6. The zero-order chi connectivity index (χ0) is 18.4. The number of carbonyl (C=O) groups excluding carboxylic acids is 1. The summed E-state index contributed by atoms with van der Waals surface area (Å²) >= 11 is 4.02. The highest BCUT2D eigenvalue weighted by Crippen LogP contribution is 2.43. The summed E-state index contributed by atoms with van der Waals surface area (Å²) in [5, 5.41) is 3.13. The van der Waals surface area contributed by atoms with Gasteiger partial charge in [-0.3, -0.25) is 4.79 Å². The third-order valence-corrected chi connectivity index (χ3v) is 7.80. The molecule has 1 heterocycles. The molecule has 1 N–H and O–H groups in total. The maximum atomic E-state index is 12.6. The van der Waals surface area contributed by atoms with Crippen molar-refractivity contribution in [1.29, 1.82) is 0 Å². The molecule has 1 amide bonds. The van der Waals surface area contributed by atoms with Gasteiger partial charge in [-0.25, -0.2) is 0 Å². The second-order valence-electron chi connectivity index (χ2n) is 7.02. The molecular formula is C22H27NOS2. The Morgan fingerprint density at radius 3 is 2.31 bits per heavy atom. The molecule has 0 aliphatic carbocycles. The highest BCUT2D eigenvalue weighted by molar-refractivity contribution is 8.16. The molecule has 26 heavy (non-hydrogen) atoms. The van der Waals surface area contributed by atoms with Gasteiger partial charge in [-0.15, -0.1) is 23.5 Å². The first-order valence-corrected chi connectivity index (χ1v) is 11.4. The maximum Gasteiger partial charge on any atom is 0.251 e. The summed E-state index contributed by atoms with van der Waals surface area (Å²) in [6.45, 7) is 5.08. The molecular weight excluding hydrogens is 358 g/mol. The van der Waals surface area contributed by atoms with Crippen molar-refractivity contribution in [3.63, 3.8) is 0 Å². The minimum Gasteiger partial charge on any atom is -0.351 e. The second kappa shape index (κ2) is 9.52. The topological polar surface area (TPSA) is 29.1 Å². The van der Waals surface area contributed by atoms with Crippen molar-refractivity contribution < 1.29 is 4.79 Å². The third-order valence-electron chi connectivity index (χ3n) is 4.79. The van der Waals surface area contributed by atoms with Gasteiger partial charge in [-0.1, -0.05) is 56.3 Å². The van der Waals surface area contributed by atoms with E-state index in [9.17, 15) is 4.79 Å². The SMILES string of the molecule is CC(C)C(CNC(=O)c1ccc(C2SCCCS2)cc1)c1ccccc1. The van der Waals surface area contributed by atoms with Crippen LogP contribution in [0.25, 0.3) is 0 Å². The number of rotatable bonds is 6. The molecule has 0 spiro atoms. The van der Waals surface area contributed by atoms with Crippen LogP contribution in [-0.2, 0) is 0 Å². The van der Waals surface area contributed by atoms with Crippen LogP contribution in [0.2, 0.25) is 0 Å². The molecule has 1 unspecified atom stereocenters. The van der Waals surface area contributed by atoms with Crippen molar-refractivity contribution in [3.05, 3.63) is 71.3 Å². The average Bonchev–Trinajstić information content (AvgIpc) is 2.69. The molecule has 2 nitrogen and oxygen atoms in total. The van der Waals surface area contributed by atoms with E-state index >= 15 is 0 Å². The Kier molecular flexibility index (Phi) is 7.09. The van der Waals surface area contributed by atoms with Crippen LogP contribution >= 0.6 is 23.5 Å². The van der Waals surface area contributed by atoms with Crippen LogP contribution in [-0.4, -0.2) is 24.0 Å². The number of benzene rings is 2. The fourth-order valence-electron chi connectivity index (χ4n) is 3.22. The Bertz CT molecular complexity index is 694. The lowest BCUT2D eigenvalue weighted by Crippen LogP contribution is -2.30. The van der Waals surface area contributed by atoms with Crippen molar-refractivity contribution in [1.82, 2.24) is 5.32 Å². The molecule has 1 fully saturated rings. The molecule has 4 heteroatoms. The van der Waals surface area contributed by atoms with Gasteiger partial charge in [0.1, 0.15) is 0 Å². The molecule has 1 saturated heterocycles. The van der Waals surface area contributed by atoms with Crippen LogP contribution in [0.5, 0.6) is 0 Å². The van der Waals surface area contributed by atoms with Crippen molar-refractivity contribution in [2.75, 3.05) is 18.1 Å². The van der Waals surface area contributed by atoms with E-state index in [1.807, 2.05) is 41.7 Å². The zero-order valence-electron chi connectivity index (χ0n) is 15.5. The van der Waals surface area contributed by atoms with Gasteiger partial charge in [0.25, 0.3) is 5.91 Å². The summed E-state index contributed by atoms with van der Waals surface area (Å²) in [5.74, 6) is 3.28. The summed E-state index contributed by atoms with van der Waals surface area (Å²) in [4.78, 5) is 12.6. The molecule has 0 aromatic heterocycles. The summed E-state index contributed by atoms with van der Waals surface area (Å²) in [6, 6.07) is 18.6. The standard InChI is InChI=1S/C22H27NOS2/c1-16(2)20(17-7-4-3-5-8-17)15-23-21(24)18-9-11-19(12-10-18)22-25-13-6-14-26-22/h3-5,7-12,16,20,22H,6,13-15H2,1-2H3,(H,23,24). The van der Waals surface area contributed by atoms with Gasteiger partial charge >= 0.3 is 0 Å². The predicted molar refractivity (Wildman–Crippen MR) is 115 cm³/mol. The first kappa shape index (κ1) is 19.4. The number of thioether (sulfide) groups is 2. The van der Waals surface area contributed by atoms with E-state index in [-0.39, 0.29) is 5.91 Å². The molecule has 1 aliphatic heterocycles. The van der Waals surface area contributed by atoms with Gasteiger partial charge in [-0.05, 0) is 47.1 Å². The fraction of sp³-hybridized carbons (Fsp3) is 0.409. The van der Waals surface area contributed by atoms with Crippen molar-refractivity contribution in [2.24, 2.45) is 5.92 Å². The van der Waals surface area contributed by atoms with Crippen LogP contribution < -0.4 is 5.32 Å². The van der Waals surface area contributed by atoms with Gasteiger partial charge in [0.2, 0.25) is 0 Å². The van der Waals surface area contributed by atoms with Crippen molar-refractivity contribution in [3.8, 4) is 0 Å². The van der Waals surface area contributed by atoms with Crippen LogP contribution in [0.1, 0.15) is 52.3 Å². The van der Waals surface area contributed by atoms with E-state index in [1.54, 1.807) is 0 Å². The number of carbonyl (C=O) groups is 1. The molecule has 0 radical (unpaired) electrons. The van der Waals surface area contributed by atoms with Gasteiger partial charge in [0.15, 0.2) is 0 Å². The maximum absolute atomic E-state index is 12.6. The molecule has 1 aliphatic rings. The van der Waals surface area contributed by atoms with Gasteiger partial charge in [-0.2, -0.15) is 0 Å². The predicted octanol–water partition coefficient (Wildman–Crippen LogP) is 5.72. The number of amides is 1. The third kappa shape index (κ3) is 5.08. The fourth-order valence-corrected chi connectivity index (χ4v) is 6.11. The molecule has 138 valence electrons. The zero-order valence-corrected chi connectivity index (χ0v) is 17.1. The van der Waals surface area contributed by atoms with Gasteiger partial charge in [0, 0.05) is 18.0 Å². The van der Waals surface area contributed by atoms with E-state index in [0.717, 1.165) is 5.56 Å². The Hall–Kier alpha value is -1.39. The molecule has 0 bridgehead atoms. The normalized spacial score (nSPS) is 16.4. The minimum absolute atomic E-state index is 0.0158. The smallest absolute Gasteiger partial charge is 0.251 e. The van der Waals surface area contributed by atoms with Gasteiger partial charge < -0.3 is 5.32 Å². The second-order valence-corrected chi connectivity index (χ2v) is 9.74. The summed E-state index contributed by atoms with van der Waals surface area (Å²) in [5.41, 5.74) is 3.35. The van der Waals surface area contributed by atoms with E-state index in [2.05, 4.69) is 55.6 Å². The van der Waals surface area contributed by atoms with Crippen LogP contribution in [0.3, 0.4) is 0 Å². The lowest BCUT2D eigenvalue weighted by molar-refractivity contribution is 0.0949. The largest absolute Gasteiger partial charge is 0.351 e. The average molecular weight is 386 g/mol. The summed E-state index contributed by atoms with van der Waals surface area (Å²) < 4.78 is 0.518. The monoisotopic (exact) mass is 385 g/mol. The highest BCUT2D eigenvalue weighted by Gasteiger charge is 2.19. The Morgan fingerprint density at radius 2 is 1.69 bits per heavy atom. The molecule has 2 aromatic carbocycles. The highest BCUT2D eigenvalue weighted by atomic mass is 32.2. The Balaban J connectivity index is 1.60. The molecule has 3 rings (SSSR count). The molecule has 0 saturated carbocycles. The molecule has 2 aromatic rings. The Morgan fingerprint density at radius 1 is 1.04 bits per heavy atom. The van der Waals surface area contributed by atoms with Gasteiger partial charge in [0.05, 0.1) is 4.58 Å². The van der Waals surface area contributed by atoms with Crippen LogP contribution in [0.15, 0.2) is 54.6 Å². The quantitative estimate of drug-likeness (QED) is 0.689. The minimum atomic E-state index is 0.0158. The van der Waals surface area contributed by atoms with E-state index in [4.69, 9.17) is 0 Å². The lowest BCUT2D eigenvalue weighted by Gasteiger charge is -2.22. The number of hydrogen-bond donors (Lipinski definition) is 1. The summed E-state index contributed by atoms with van der Waals surface area (Å²) in [6.07, 6.45) is 1.30. The van der Waals surface area contributed by atoms with E-state index < -0.39 is 0 Å². The van der Waals surface area contributed by atoms with E-state index in [1.165, 1.54) is 29.1 Å². The number of nitrogens with one attached hydrogen (secondary N) is 1. The van der Waals surface area contributed by atoms with Crippen LogP contribution in [0, 0.1) is 5.92 Å². The van der Waals surface area contributed by atoms with Crippen molar-refractivity contribution in [2.45, 2.75) is 30.8 Å².